The molecular weight excluding hydrogens is 352 g/mol. The third-order valence-electron chi connectivity index (χ3n) is 4.31. The lowest BCUT2D eigenvalue weighted by Crippen LogP contribution is -2.23. The molecule has 0 saturated heterocycles. The predicted octanol–water partition coefficient (Wildman–Crippen LogP) is 1.76. The Morgan fingerprint density at radius 3 is 2.67 bits per heavy atom. The van der Waals surface area contributed by atoms with Crippen LogP contribution < -0.4 is 5.32 Å². The van der Waals surface area contributed by atoms with Crippen LogP contribution in [0.4, 0.5) is 11.4 Å². The topological polar surface area (TPSA) is 126 Å². The molecule has 142 valence electrons. The minimum Gasteiger partial charge on any atom is -0.322 e. The van der Waals surface area contributed by atoms with Crippen molar-refractivity contribution >= 4 is 17.3 Å². The molecule has 0 aliphatic carbocycles. The lowest BCUT2D eigenvalue weighted by atomic mass is 10.2. The average molecular weight is 372 g/mol. The molecule has 0 aromatic carbocycles. The second kappa shape index (κ2) is 7.40. The summed E-state index contributed by atoms with van der Waals surface area (Å²) < 4.78 is 4.87. The monoisotopic (exact) mass is 372 g/mol. The highest BCUT2D eigenvalue weighted by Gasteiger charge is 2.19. The molecule has 1 atom stereocenters. The van der Waals surface area contributed by atoms with Gasteiger partial charge in [0, 0.05) is 24.0 Å². The molecule has 1 amide bonds. The molecule has 11 heteroatoms. The molecule has 0 aliphatic heterocycles. The van der Waals surface area contributed by atoms with E-state index in [0.717, 1.165) is 24.0 Å². The van der Waals surface area contributed by atoms with E-state index in [9.17, 15) is 14.9 Å². The maximum Gasteiger partial charge on any atom is 0.307 e. The summed E-state index contributed by atoms with van der Waals surface area (Å²) in [5.41, 5.74) is 2.50. The van der Waals surface area contributed by atoms with Gasteiger partial charge in [-0.1, -0.05) is 0 Å². The number of nitrogens with one attached hydrogen (secondary N) is 1. The Kier molecular flexibility index (Phi) is 5.01. The minimum atomic E-state index is -0.702. The third-order valence-corrected chi connectivity index (χ3v) is 4.31. The van der Waals surface area contributed by atoms with Gasteiger partial charge >= 0.3 is 5.69 Å². The first-order chi connectivity index (χ1) is 12.9. The number of nitrogens with zero attached hydrogens (tertiary/aromatic N) is 7. The van der Waals surface area contributed by atoms with Gasteiger partial charge in [-0.05, 0) is 20.8 Å². The van der Waals surface area contributed by atoms with Crippen molar-refractivity contribution in [2.75, 3.05) is 5.32 Å². The summed E-state index contributed by atoms with van der Waals surface area (Å²) in [7, 11) is 0. The van der Waals surface area contributed by atoms with Gasteiger partial charge in [0.25, 0.3) is 0 Å². The minimum absolute atomic E-state index is 0.162. The second-order valence-corrected chi connectivity index (χ2v) is 6.10. The fraction of sp³-hybridized carbons (Fsp3) is 0.375. The molecular formula is C16H20N8O3. The van der Waals surface area contributed by atoms with Crippen LogP contribution in [0.3, 0.4) is 0 Å². The summed E-state index contributed by atoms with van der Waals surface area (Å²) in [6, 6.07) is -0.702. The van der Waals surface area contributed by atoms with Gasteiger partial charge in [0.15, 0.2) is 0 Å². The zero-order chi connectivity index (χ0) is 19.6. The molecule has 0 bridgehead atoms. The van der Waals surface area contributed by atoms with Gasteiger partial charge in [0.2, 0.25) is 5.91 Å². The van der Waals surface area contributed by atoms with E-state index in [0.29, 0.717) is 12.2 Å². The Hall–Kier alpha value is -3.50. The first-order valence-corrected chi connectivity index (χ1v) is 8.42. The van der Waals surface area contributed by atoms with Gasteiger partial charge in [-0.15, -0.1) is 0 Å². The number of anilines is 1. The van der Waals surface area contributed by atoms with Gasteiger partial charge in [-0.25, -0.2) is 0 Å². The van der Waals surface area contributed by atoms with Crippen LogP contribution in [0.25, 0.3) is 0 Å². The highest BCUT2D eigenvalue weighted by atomic mass is 16.6. The standard InChI is InChI=1S/C16H20N8O3/c1-4-22-11(2)13(5-18-22)8-21-9-14(6-17-21)20-16(25)12(3)23-10-15(7-19-23)24(26)27/h5-7,9-10,12H,4,8H2,1-3H3,(H,20,25). The zero-order valence-electron chi connectivity index (χ0n) is 15.2. The van der Waals surface area contributed by atoms with Gasteiger partial charge in [-0.3, -0.25) is 29.0 Å². The van der Waals surface area contributed by atoms with Gasteiger partial charge < -0.3 is 5.32 Å². The summed E-state index contributed by atoms with van der Waals surface area (Å²) in [6.07, 6.45) is 7.42. The predicted molar refractivity (Wildman–Crippen MR) is 96.2 cm³/mol. The number of rotatable bonds is 7. The fourth-order valence-electron chi connectivity index (χ4n) is 2.65. The van der Waals surface area contributed by atoms with Gasteiger partial charge in [0.05, 0.1) is 29.5 Å². The summed E-state index contributed by atoms with van der Waals surface area (Å²) >= 11 is 0. The maximum atomic E-state index is 12.4. The smallest absolute Gasteiger partial charge is 0.307 e. The SMILES string of the molecule is CCn1ncc(Cn2cc(NC(=O)C(C)n3cc([N+](=O)[O-])cn3)cn2)c1C. The lowest BCUT2D eigenvalue weighted by Gasteiger charge is -2.10. The van der Waals surface area contributed by atoms with E-state index in [-0.39, 0.29) is 11.6 Å². The van der Waals surface area contributed by atoms with E-state index < -0.39 is 11.0 Å². The van der Waals surface area contributed by atoms with Crippen molar-refractivity contribution in [1.82, 2.24) is 29.3 Å². The molecule has 3 aromatic heterocycles. The first-order valence-electron chi connectivity index (χ1n) is 8.42. The van der Waals surface area contributed by atoms with Crippen molar-refractivity contribution in [2.45, 2.75) is 39.9 Å². The molecule has 0 saturated carbocycles. The second-order valence-electron chi connectivity index (χ2n) is 6.10. The normalized spacial score (nSPS) is 12.1. The Bertz CT molecular complexity index is 970. The van der Waals surface area contributed by atoms with Crippen LogP contribution in [0, 0.1) is 17.0 Å². The fourth-order valence-corrected chi connectivity index (χ4v) is 2.65. The molecule has 11 nitrogen and oxygen atoms in total. The number of carbonyl (C=O) groups is 1. The van der Waals surface area contributed by atoms with Crippen LogP contribution in [0.1, 0.15) is 31.1 Å². The van der Waals surface area contributed by atoms with Gasteiger partial charge in [-0.2, -0.15) is 15.3 Å². The van der Waals surface area contributed by atoms with Gasteiger partial charge in [0.1, 0.15) is 18.4 Å². The van der Waals surface area contributed by atoms with Crippen molar-refractivity contribution in [3.63, 3.8) is 0 Å². The van der Waals surface area contributed by atoms with E-state index in [2.05, 4.69) is 20.6 Å². The lowest BCUT2D eigenvalue weighted by molar-refractivity contribution is -0.385. The molecule has 27 heavy (non-hydrogen) atoms. The van der Waals surface area contributed by atoms with E-state index in [1.165, 1.54) is 10.9 Å². The van der Waals surface area contributed by atoms with Crippen molar-refractivity contribution in [2.24, 2.45) is 0 Å². The molecule has 3 heterocycles. The van der Waals surface area contributed by atoms with Crippen LogP contribution in [-0.4, -0.2) is 40.2 Å². The van der Waals surface area contributed by atoms with E-state index in [4.69, 9.17) is 0 Å². The zero-order valence-corrected chi connectivity index (χ0v) is 15.2. The van der Waals surface area contributed by atoms with Crippen LogP contribution in [0.2, 0.25) is 0 Å². The van der Waals surface area contributed by atoms with E-state index in [1.54, 1.807) is 24.0 Å². The number of hydrogen-bond donors (Lipinski definition) is 1. The van der Waals surface area contributed by atoms with Crippen LogP contribution >= 0.6 is 0 Å². The number of carbonyl (C=O) groups excluding carboxylic acids is 1. The summed E-state index contributed by atoms with van der Waals surface area (Å²) in [5.74, 6) is -0.345. The summed E-state index contributed by atoms with van der Waals surface area (Å²) in [5, 5.41) is 25.9. The summed E-state index contributed by atoms with van der Waals surface area (Å²) in [6.45, 7) is 6.99. The molecule has 0 fully saturated rings. The van der Waals surface area contributed by atoms with Crippen molar-refractivity contribution in [3.05, 3.63) is 52.4 Å². The highest BCUT2D eigenvalue weighted by Crippen LogP contribution is 2.16. The van der Waals surface area contributed by atoms with E-state index in [1.807, 2.05) is 24.7 Å². The number of hydrogen-bond acceptors (Lipinski definition) is 6. The van der Waals surface area contributed by atoms with Crippen LogP contribution in [0.15, 0.2) is 31.0 Å². The Morgan fingerprint density at radius 1 is 1.26 bits per heavy atom. The molecule has 0 radical (unpaired) electrons. The van der Waals surface area contributed by atoms with Crippen molar-refractivity contribution < 1.29 is 9.72 Å². The van der Waals surface area contributed by atoms with Crippen molar-refractivity contribution in [3.8, 4) is 0 Å². The Labute approximate surface area is 154 Å². The quantitative estimate of drug-likeness (QED) is 0.497. The highest BCUT2D eigenvalue weighted by molar-refractivity contribution is 5.93. The van der Waals surface area contributed by atoms with Crippen molar-refractivity contribution in [1.29, 1.82) is 0 Å². The number of nitro groups is 1. The van der Waals surface area contributed by atoms with Crippen LogP contribution in [0.5, 0.6) is 0 Å². The number of aryl methyl sites for hydroxylation is 1. The summed E-state index contributed by atoms with van der Waals surface area (Å²) in [4.78, 5) is 22.5. The maximum absolute atomic E-state index is 12.4. The third kappa shape index (κ3) is 3.86. The molecule has 1 N–H and O–H groups in total. The number of amides is 1. The van der Waals surface area contributed by atoms with E-state index >= 15 is 0 Å². The Morgan fingerprint density at radius 2 is 2.04 bits per heavy atom. The molecule has 3 rings (SSSR count). The molecule has 0 spiro atoms. The first kappa shape index (κ1) is 18.3. The largest absolute Gasteiger partial charge is 0.322 e. The molecule has 0 aliphatic rings. The van der Waals surface area contributed by atoms with Crippen LogP contribution in [-0.2, 0) is 17.9 Å². The number of aromatic nitrogens is 6. The molecule has 3 aromatic rings. The average Bonchev–Trinajstić information content (AvgIpc) is 3.36. The Balaban J connectivity index is 1.64. The molecule has 1 unspecified atom stereocenters.